The van der Waals surface area contributed by atoms with Gasteiger partial charge in [-0.3, -0.25) is 4.79 Å². The molecule has 0 aliphatic heterocycles. The summed E-state index contributed by atoms with van der Waals surface area (Å²) in [4.78, 5) is 36.2. The van der Waals surface area contributed by atoms with E-state index >= 15 is 0 Å². The number of hydrogen-bond acceptors (Lipinski definition) is 4. The van der Waals surface area contributed by atoms with Gasteiger partial charge in [0.25, 0.3) is 0 Å². The third kappa shape index (κ3) is 5.98. The van der Waals surface area contributed by atoms with Gasteiger partial charge in [0.15, 0.2) is 0 Å². The fourth-order valence-electron chi connectivity index (χ4n) is 1.79. The molecule has 0 saturated heterocycles. The van der Waals surface area contributed by atoms with Crippen molar-refractivity contribution in [1.82, 2.24) is 10.2 Å². The summed E-state index contributed by atoms with van der Waals surface area (Å²) in [5, 5.41) is 11.6. The Balaban J connectivity index is 2.58. The molecule has 0 saturated carbocycles. The van der Waals surface area contributed by atoms with Gasteiger partial charge in [-0.25, -0.2) is 9.59 Å². The van der Waals surface area contributed by atoms with Crippen LogP contribution in [-0.4, -0.2) is 47.6 Å². The van der Waals surface area contributed by atoms with Gasteiger partial charge in [-0.15, -0.1) is 0 Å². The molecule has 0 fully saturated rings. The lowest BCUT2D eigenvalue weighted by Crippen LogP contribution is -2.52. The maximum absolute atomic E-state index is 11.8. The van der Waals surface area contributed by atoms with Crippen LogP contribution in [0.3, 0.4) is 0 Å². The standard InChI is InChI=1S/C16H22N2O5/c1-16(14(20)21,10-9-13(19)18(2)3)17-15(22)23-11-12-7-5-4-6-8-12/h4-8H,9-11H2,1-3H3,(H,17,22)(H,20,21)/t16-/m0/s1. The predicted molar refractivity (Wildman–Crippen MR) is 83.7 cm³/mol. The Kier molecular flexibility index (Phi) is 6.56. The van der Waals surface area contributed by atoms with Crippen molar-refractivity contribution >= 4 is 18.0 Å². The number of carbonyl (C=O) groups excluding carboxylic acids is 2. The fraction of sp³-hybridized carbons (Fsp3) is 0.438. The molecule has 0 bridgehead atoms. The van der Waals surface area contributed by atoms with Crippen LogP contribution in [0.25, 0.3) is 0 Å². The van der Waals surface area contributed by atoms with Gasteiger partial charge in [0.05, 0.1) is 0 Å². The van der Waals surface area contributed by atoms with E-state index in [-0.39, 0.29) is 25.4 Å². The summed E-state index contributed by atoms with van der Waals surface area (Å²) in [5.41, 5.74) is -0.776. The van der Waals surface area contributed by atoms with Crippen LogP contribution in [0.5, 0.6) is 0 Å². The lowest BCUT2D eigenvalue weighted by atomic mass is 9.96. The average molecular weight is 322 g/mol. The summed E-state index contributed by atoms with van der Waals surface area (Å²) in [6.07, 6.45) is -0.856. The highest BCUT2D eigenvalue weighted by molar-refractivity contribution is 5.85. The molecule has 23 heavy (non-hydrogen) atoms. The van der Waals surface area contributed by atoms with Gasteiger partial charge in [0.2, 0.25) is 5.91 Å². The lowest BCUT2D eigenvalue weighted by molar-refractivity contribution is -0.144. The second kappa shape index (κ2) is 8.17. The summed E-state index contributed by atoms with van der Waals surface area (Å²) in [5.74, 6) is -1.43. The van der Waals surface area contributed by atoms with E-state index in [1.165, 1.54) is 11.8 Å². The smallest absolute Gasteiger partial charge is 0.408 e. The van der Waals surface area contributed by atoms with Crippen molar-refractivity contribution in [2.24, 2.45) is 0 Å². The first kappa shape index (κ1) is 18.5. The second-order valence-electron chi connectivity index (χ2n) is 5.61. The van der Waals surface area contributed by atoms with E-state index in [0.717, 1.165) is 5.56 Å². The number of aliphatic carboxylic acids is 1. The summed E-state index contributed by atoms with van der Waals surface area (Å²) < 4.78 is 5.02. The van der Waals surface area contributed by atoms with Gasteiger partial charge >= 0.3 is 12.1 Å². The fourth-order valence-corrected chi connectivity index (χ4v) is 1.79. The van der Waals surface area contributed by atoms with Crippen molar-refractivity contribution in [3.8, 4) is 0 Å². The molecule has 0 unspecified atom stereocenters. The molecule has 1 aromatic rings. The Morgan fingerprint density at radius 3 is 2.35 bits per heavy atom. The van der Waals surface area contributed by atoms with Gasteiger partial charge in [-0.2, -0.15) is 0 Å². The third-order valence-electron chi connectivity index (χ3n) is 3.40. The normalized spacial score (nSPS) is 12.8. The lowest BCUT2D eigenvalue weighted by Gasteiger charge is -2.26. The monoisotopic (exact) mass is 322 g/mol. The number of amides is 2. The van der Waals surface area contributed by atoms with E-state index in [1.807, 2.05) is 18.2 Å². The van der Waals surface area contributed by atoms with Crippen molar-refractivity contribution in [3.05, 3.63) is 35.9 Å². The highest BCUT2D eigenvalue weighted by Gasteiger charge is 2.36. The van der Waals surface area contributed by atoms with E-state index in [0.29, 0.717) is 0 Å². The SMILES string of the molecule is CN(C)C(=O)CC[C@](C)(NC(=O)OCc1ccccc1)C(=O)O. The third-order valence-corrected chi connectivity index (χ3v) is 3.40. The number of benzene rings is 1. The van der Waals surface area contributed by atoms with Crippen LogP contribution in [0, 0.1) is 0 Å². The molecule has 126 valence electrons. The zero-order chi connectivity index (χ0) is 17.5. The van der Waals surface area contributed by atoms with E-state index < -0.39 is 17.6 Å². The summed E-state index contributed by atoms with van der Waals surface area (Å²) >= 11 is 0. The molecule has 0 radical (unpaired) electrons. The molecular formula is C16H22N2O5. The van der Waals surface area contributed by atoms with Crippen molar-refractivity contribution in [1.29, 1.82) is 0 Å². The van der Waals surface area contributed by atoms with E-state index in [4.69, 9.17) is 4.74 Å². The second-order valence-corrected chi connectivity index (χ2v) is 5.61. The molecule has 0 aliphatic rings. The minimum Gasteiger partial charge on any atom is -0.480 e. The van der Waals surface area contributed by atoms with Crippen LogP contribution < -0.4 is 5.32 Å². The number of rotatable bonds is 7. The highest BCUT2D eigenvalue weighted by atomic mass is 16.5. The minimum absolute atomic E-state index is 0.00870. The zero-order valence-corrected chi connectivity index (χ0v) is 13.5. The molecule has 1 atom stereocenters. The van der Waals surface area contributed by atoms with Crippen LogP contribution >= 0.6 is 0 Å². The molecule has 0 heterocycles. The molecule has 0 spiro atoms. The number of carboxylic acids is 1. The zero-order valence-electron chi connectivity index (χ0n) is 13.5. The summed E-state index contributed by atoms with van der Waals surface area (Å²) in [6, 6.07) is 9.04. The summed E-state index contributed by atoms with van der Waals surface area (Å²) in [6.45, 7) is 1.39. The predicted octanol–water partition coefficient (Wildman–Crippen LogP) is 1.62. The quantitative estimate of drug-likeness (QED) is 0.795. The minimum atomic E-state index is -1.57. The van der Waals surface area contributed by atoms with Gasteiger partial charge in [0.1, 0.15) is 12.1 Å². The van der Waals surface area contributed by atoms with Crippen LogP contribution in [0.15, 0.2) is 30.3 Å². The molecule has 2 amide bonds. The Morgan fingerprint density at radius 1 is 1.22 bits per heavy atom. The highest BCUT2D eigenvalue weighted by Crippen LogP contribution is 2.14. The molecule has 1 rings (SSSR count). The van der Waals surface area contributed by atoms with E-state index in [2.05, 4.69) is 5.32 Å². The first-order valence-electron chi connectivity index (χ1n) is 7.17. The average Bonchev–Trinajstić information content (AvgIpc) is 2.51. The first-order valence-corrected chi connectivity index (χ1v) is 7.17. The molecular weight excluding hydrogens is 300 g/mol. The van der Waals surface area contributed by atoms with Crippen molar-refractivity contribution < 1.29 is 24.2 Å². The number of nitrogens with one attached hydrogen (secondary N) is 1. The molecule has 0 aromatic heterocycles. The van der Waals surface area contributed by atoms with Gasteiger partial charge in [-0.1, -0.05) is 30.3 Å². The number of nitrogens with zero attached hydrogens (tertiary/aromatic N) is 1. The molecule has 0 aliphatic carbocycles. The number of carbonyl (C=O) groups is 3. The molecule has 2 N–H and O–H groups in total. The van der Waals surface area contributed by atoms with Crippen LogP contribution in [0.4, 0.5) is 4.79 Å². The maximum atomic E-state index is 11.8. The van der Waals surface area contributed by atoms with Crippen molar-refractivity contribution in [2.75, 3.05) is 14.1 Å². The number of carboxylic acid groups (broad SMARTS) is 1. The van der Waals surface area contributed by atoms with Crippen molar-refractivity contribution in [2.45, 2.75) is 31.9 Å². The molecule has 1 aromatic carbocycles. The van der Waals surface area contributed by atoms with Crippen LogP contribution in [0.1, 0.15) is 25.3 Å². The molecule has 7 heteroatoms. The van der Waals surface area contributed by atoms with Crippen LogP contribution in [-0.2, 0) is 20.9 Å². The maximum Gasteiger partial charge on any atom is 0.408 e. The topological polar surface area (TPSA) is 95.9 Å². The van der Waals surface area contributed by atoms with Crippen LogP contribution in [0.2, 0.25) is 0 Å². The Morgan fingerprint density at radius 2 is 1.83 bits per heavy atom. The van der Waals surface area contributed by atoms with Gasteiger partial charge < -0.3 is 20.1 Å². The van der Waals surface area contributed by atoms with Crippen molar-refractivity contribution in [3.63, 3.8) is 0 Å². The van der Waals surface area contributed by atoms with Gasteiger partial charge in [-0.05, 0) is 18.9 Å². The first-order chi connectivity index (χ1) is 10.7. The number of ether oxygens (including phenoxy) is 1. The number of alkyl carbamates (subject to hydrolysis) is 1. The largest absolute Gasteiger partial charge is 0.480 e. The summed E-state index contributed by atoms with van der Waals surface area (Å²) in [7, 11) is 3.17. The van der Waals surface area contributed by atoms with E-state index in [9.17, 15) is 19.5 Å². The number of hydrogen-bond donors (Lipinski definition) is 2. The Labute approximate surface area is 135 Å². The molecule has 7 nitrogen and oxygen atoms in total. The van der Waals surface area contributed by atoms with E-state index in [1.54, 1.807) is 26.2 Å². The van der Waals surface area contributed by atoms with Gasteiger partial charge in [0, 0.05) is 20.5 Å². The Bertz CT molecular complexity index is 559. The Hall–Kier alpha value is -2.57.